The number of para-hydroxylation sites is 2. The highest BCUT2D eigenvalue weighted by molar-refractivity contribution is 5.93. The van der Waals surface area contributed by atoms with Crippen LogP contribution in [0.15, 0.2) is 72.8 Å². The van der Waals surface area contributed by atoms with Gasteiger partial charge < -0.3 is 24.8 Å². The van der Waals surface area contributed by atoms with Crippen molar-refractivity contribution in [2.45, 2.75) is 26.2 Å². The quantitative estimate of drug-likeness (QED) is 0.374. The van der Waals surface area contributed by atoms with E-state index in [9.17, 15) is 14.4 Å². The van der Waals surface area contributed by atoms with Gasteiger partial charge in [-0.1, -0.05) is 29.8 Å². The third-order valence-electron chi connectivity index (χ3n) is 4.92. The minimum Gasteiger partial charge on any atom is -0.493 e. The summed E-state index contributed by atoms with van der Waals surface area (Å²) >= 11 is 0. The fraction of sp³-hybridized carbons (Fsp3) is 0.222. The van der Waals surface area contributed by atoms with Gasteiger partial charge in [0.15, 0.2) is 18.1 Å². The van der Waals surface area contributed by atoms with Crippen LogP contribution in [0.2, 0.25) is 0 Å². The van der Waals surface area contributed by atoms with E-state index in [2.05, 4.69) is 10.6 Å². The Balaban J connectivity index is 1.34. The lowest BCUT2D eigenvalue weighted by Crippen LogP contribution is -2.21. The van der Waals surface area contributed by atoms with Crippen LogP contribution in [0.25, 0.3) is 0 Å². The fourth-order valence-corrected chi connectivity index (χ4v) is 3.11. The fourth-order valence-electron chi connectivity index (χ4n) is 3.11. The van der Waals surface area contributed by atoms with Crippen molar-refractivity contribution < 1.29 is 28.6 Å². The van der Waals surface area contributed by atoms with Crippen LogP contribution in [-0.4, -0.2) is 31.5 Å². The monoisotopic (exact) mass is 476 g/mol. The molecule has 0 unspecified atom stereocenters. The number of methoxy groups -OCH3 is 1. The number of benzene rings is 3. The predicted molar refractivity (Wildman–Crippen MR) is 133 cm³/mol. The van der Waals surface area contributed by atoms with E-state index in [-0.39, 0.29) is 25.4 Å². The van der Waals surface area contributed by atoms with Gasteiger partial charge in [-0.2, -0.15) is 0 Å². The first-order chi connectivity index (χ1) is 16.9. The van der Waals surface area contributed by atoms with Crippen molar-refractivity contribution in [3.05, 3.63) is 78.4 Å². The van der Waals surface area contributed by atoms with Crippen LogP contribution >= 0.6 is 0 Å². The molecular weight excluding hydrogens is 448 g/mol. The number of amides is 2. The first-order valence-corrected chi connectivity index (χ1v) is 11.2. The van der Waals surface area contributed by atoms with Crippen molar-refractivity contribution in [1.29, 1.82) is 0 Å². The number of hydrogen-bond acceptors (Lipinski definition) is 6. The van der Waals surface area contributed by atoms with Crippen LogP contribution in [0.3, 0.4) is 0 Å². The molecule has 0 atom stereocenters. The Kier molecular flexibility index (Phi) is 9.24. The number of anilines is 2. The molecule has 35 heavy (non-hydrogen) atoms. The summed E-state index contributed by atoms with van der Waals surface area (Å²) in [5.74, 6) is 0.629. The van der Waals surface area contributed by atoms with Crippen LogP contribution in [0.4, 0.5) is 11.4 Å². The summed E-state index contributed by atoms with van der Waals surface area (Å²) in [6, 6.07) is 21.5. The molecule has 0 aliphatic carbocycles. The van der Waals surface area contributed by atoms with Gasteiger partial charge >= 0.3 is 5.97 Å². The van der Waals surface area contributed by atoms with Crippen molar-refractivity contribution in [2.24, 2.45) is 0 Å². The average molecular weight is 477 g/mol. The van der Waals surface area contributed by atoms with E-state index < -0.39 is 11.9 Å². The van der Waals surface area contributed by atoms with Gasteiger partial charge in [-0.3, -0.25) is 14.4 Å². The Morgan fingerprint density at radius 3 is 2.00 bits per heavy atom. The van der Waals surface area contributed by atoms with Gasteiger partial charge in [-0.15, -0.1) is 0 Å². The first kappa shape index (κ1) is 25.3. The Labute approximate surface area is 204 Å². The number of carbonyl (C=O) groups excluding carboxylic acids is 3. The van der Waals surface area contributed by atoms with Crippen LogP contribution in [-0.2, 0) is 19.1 Å². The highest BCUT2D eigenvalue weighted by Crippen LogP contribution is 2.31. The summed E-state index contributed by atoms with van der Waals surface area (Å²) in [7, 11) is 1.57. The standard InChI is InChI=1S/C27H28N2O6/c1-19-10-12-20(13-11-19)29-26(31)18-34-27(32)9-5-8-25(30)28-21-14-16-22(17-15-21)35-24-7-4-3-6-23(24)33-2/h3-4,6-7,10-17H,5,8-9,18H2,1-2H3,(H,28,30)(H,29,31). The summed E-state index contributed by atoms with van der Waals surface area (Å²) in [5, 5.41) is 5.43. The maximum absolute atomic E-state index is 12.2. The zero-order valence-electron chi connectivity index (χ0n) is 19.7. The number of rotatable bonds is 11. The molecule has 3 aromatic carbocycles. The second-order valence-electron chi connectivity index (χ2n) is 7.75. The van der Waals surface area contributed by atoms with Crippen LogP contribution < -0.4 is 20.1 Å². The van der Waals surface area contributed by atoms with Gasteiger partial charge in [0, 0.05) is 24.2 Å². The molecule has 0 aromatic heterocycles. The molecule has 8 nitrogen and oxygen atoms in total. The van der Waals surface area contributed by atoms with E-state index in [1.165, 1.54) is 0 Å². The maximum Gasteiger partial charge on any atom is 0.306 e. The number of esters is 1. The summed E-state index contributed by atoms with van der Waals surface area (Å²) in [5.41, 5.74) is 2.32. The van der Waals surface area contributed by atoms with Crippen LogP contribution in [0.5, 0.6) is 17.2 Å². The molecule has 0 saturated carbocycles. The highest BCUT2D eigenvalue weighted by atomic mass is 16.5. The van der Waals surface area contributed by atoms with Crippen molar-refractivity contribution in [2.75, 3.05) is 24.4 Å². The zero-order valence-corrected chi connectivity index (χ0v) is 19.7. The first-order valence-electron chi connectivity index (χ1n) is 11.2. The topological polar surface area (TPSA) is 103 Å². The largest absolute Gasteiger partial charge is 0.493 e. The van der Waals surface area contributed by atoms with Crippen molar-refractivity contribution >= 4 is 29.2 Å². The Hall–Kier alpha value is -4.33. The molecule has 3 aromatic rings. The third kappa shape index (κ3) is 8.51. The normalized spacial score (nSPS) is 10.2. The Morgan fingerprint density at radius 2 is 1.34 bits per heavy atom. The van der Waals surface area contributed by atoms with E-state index in [4.69, 9.17) is 14.2 Å². The molecule has 8 heteroatoms. The minimum absolute atomic E-state index is 0.0386. The second-order valence-corrected chi connectivity index (χ2v) is 7.75. The molecule has 2 amide bonds. The maximum atomic E-state index is 12.2. The summed E-state index contributed by atoms with van der Waals surface area (Å²) in [4.78, 5) is 35.9. The number of nitrogens with one attached hydrogen (secondary N) is 2. The van der Waals surface area contributed by atoms with E-state index in [0.717, 1.165) is 5.56 Å². The van der Waals surface area contributed by atoms with Crippen LogP contribution in [0.1, 0.15) is 24.8 Å². The SMILES string of the molecule is COc1ccccc1Oc1ccc(NC(=O)CCCC(=O)OCC(=O)Nc2ccc(C)cc2)cc1. The van der Waals surface area contributed by atoms with Crippen molar-refractivity contribution in [3.8, 4) is 17.2 Å². The lowest BCUT2D eigenvalue weighted by molar-refractivity contribution is -0.147. The van der Waals surface area contributed by atoms with Gasteiger partial charge in [0.2, 0.25) is 5.91 Å². The van der Waals surface area contributed by atoms with E-state index in [1.807, 2.05) is 31.2 Å². The van der Waals surface area contributed by atoms with E-state index in [1.54, 1.807) is 55.6 Å². The molecule has 0 bridgehead atoms. The molecule has 0 radical (unpaired) electrons. The summed E-state index contributed by atoms with van der Waals surface area (Å²) in [6.45, 7) is 1.57. The summed E-state index contributed by atoms with van der Waals surface area (Å²) < 4.78 is 16.1. The molecule has 0 aliphatic rings. The lowest BCUT2D eigenvalue weighted by Gasteiger charge is -2.11. The van der Waals surface area contributed by atoms with Crippen molar-refractivity contribution in [1.82, 2.24) is 0 Å². The van der Waals surface area contributed by atoms with Crippen molar-refractivity contribution in [3.63, 3.8) is 0 Å². The molecule has 0 fully saturated rings. The number of aryl methyl sites for hydroxylation is 1. The number of hydrogen-bond donors (Lipinski definition) is 2. The molecule has 3 rings (SSSR count). The van der Waals surface area contributed by atoms with Gasteiger partial charge in [0.05, 0.1) is 7.11 Å². The minimum atomic E-state index is -0.533. The number of ether oxygens (including phenoxy) is 3. The summed E-state index contributed by atoms with van der Waals surface area (Å²) in [6.07, 6.45) is 0.486. The Morgan fingerprint density at radius 1 is 0.743 bits per heavy atom. The molecule has 0 heterocycles. The van der Waals surface area contributed by atoms with Gasteiger partial charge in [0.25, 0.3) is 5.91 Å². The highest BCUT2D eigenvalue weighted by Gasteiger charge is 2.10. The van der Waals surface area contributed by atoms with Gasteiger partial charge in [0.1, 0.15) is 5.75 Å². The van der Waals surface area contributed by atoms with E-state index in [0.29, 0.717) is 35.0 Å². The third-order valence-corrected chi connectivity index (χ3v) is 4.92. The molecular formula is C27H28N2O6. The predicted octanol–water partition coefficient (Wildman–Crippen LogP) is 5.09. The molecule has 0 spiro atoms. The van der Waals surface area contributed by atoms with Crippen LogP contribution in [0, 0.1) is 6.92 Å². The average Bonchev–Trinajstić information content (AvgIpc) is 2.86. The molecule has 2 N–H and O–H groups in total. The zero-order chi connectivity index (χ0) is 25.0. The van der Waals surface area contributed by atoms with Gasteiger partial charge in [-0.25, -0.2) is 0 Å². The lowest BCUT2D eigenvalue weighted by atomic mass is 10.2. The molecule has 0 saturated heterocycles. The second kappa shape index (κ2) is 12.8. The Bertz CT molecular complexity index is 1140. The molecule has 182 valence electrons. The van der Waals surface area contributed by atoms with E-state index >= 15 is 0 Å². The smallest absolute Gasteiger partial charge is 0.306 e. The molecule has 0 aliphatic heterocycles. The van der Waals surface area contributed by atoms with Gasteiger partial charge in [-0.05, 0) is 61.9 Å². The number of carbonyl (C=O) groups is 3.